The molecule has 3 rings (SSSR count). The Labute approximate surface area is 133 Å². The number of hydrogen-bond acceptors (Lipinski definition) is 2. The Kier molecular flexibility index (Phi) is 3.84. The summed E-state index contributed by atoms with van der Waals surface area (Å²) < 4.78 is 1.19. The summed E-state index contributed by atoms with van der Waals surface area (Å²) in [7, 11) is 0. The zero-order valence-electron chi connectivity index (χ0n) is 11.6. The Morgan fingerprint density at radius 2 is 2.15 bits per heavy atom. The Bertz CT molecular complexity index is 540. The van der Waals surface area contributed by atoms with Gasteiger partial charge in [-0.2, -0.15) is 5.10 Å². The van der Waals surface area contributed by atoms with Crippen molar-refractivity contribution in [3.8, 4) is 0 Å². The number of nitrogens with zero attached hydrogens (tertiary/aromatic N) is 1. The van der Waals surface area contributed by atoms with Gasteiger partial charge >= 0.3 is 0 Å². The Balaban J connectivity index is 1.56. The van der Waals surface area contributed by atoms with E-state index in [4.69, 9.17) is 0 Å². The van der Waals surface area contributed by atoms with Crippen LogP contribution < -0.4 is 5.43 Å². The average molecular weight is 382 g/mol. The number of carbonyl (C=O) groups is 1. The topological polar surface area (TPSA) is 41.5 Å². The van der Waals surface area contributed by atoms with Crippen LogP contribution in [0.25, 0.3) is 0 Å². The number of hydrazone groups is 1. The first-order valence-corrected chi connectivity index (χ1v) is 8.27. The third-order valence-electron chi connectivity index (χ3n) is 4.87. The van der Waals surface area contributed by atoms with Gasteiger partial charge in [-0.15, -0.1) is 0 Å². The maximum atomic E-state index is 12.2. The molecule has 20 heavy (non-hydrogen) atoms. The van der Waals surface area contributed by atoms with Crippen molar-refractivity contribution in [1.29, 1.82) is 0 Å². The normalized spacial score (nSPS) is 31.9. The van der Waals surface area contributed by atoms with Crippen molar-refractivity contribution in [2.24, 2.45) is 22.4 Å². The standard InChI is InChI=1S/C16H19IN2O/c1-16-9-3-2-4-13(16)14(16)15(20)19-18-10-11-5-7-12(17)8-6-11/h5-8,10,13-14H,2-4,9H2,1H3,(H,19,20)/b18-10-/t13-,14+,16-/m0/s1. The molecule has 2 aliphatic rings. The molecule has 2 saturated carbocycles. The van der Waals surface area contributed by atoms with Crippen LogP contribution in [0, 0.1) is 20.8 Å². The number of carbonyl (C=O) groups excluding carboxylic acids is 1. The molecule has 0 aliphatic heterocycles. The lowest BCUT2D eigenvalue weighted by atomic mass is 9.90. The molecule has 1 aromatic rings. The number of amides is 1. The van der Waals surface area contributed by atoms with Gasteiger partial charge in [0.15, 0.2) is 0 Å². The Morgan fingerprint density at radius 1 is 1.40 bits per heavy atom. The first kappa shape index (κ1) is 14.0. The number of hydrogen-bond donors (Lipinski definition) is 1. The van der Waals surface area contributed by atoms with Crippen molar-refractivity contribution in [2.75, 3.05) is 0 Å². The number of nitrogens with one attached hydrogen (secondary N) is 1. The minimum atomic E-state index is 0.0983. The highest BCUT2D eigenvalue weighted by Crippen LogP contribution is 2.66. The second-order valence-electron chi connectivity index (χ2n) is 6.12. The van der Waals surface area contributed by atoms with E-state index in [9.17, 15) is 4.79 Å². The maximum Gasteiger partial charge on any atom is 0.244 e. The number of fused-ring (bicyclic) bond motifs is 1. The molecule has 0 unspecified atom stereocenters. The summed E-state index contributed by atoms with van der Waals surface area (Å²) in [4.78, 5) is 12.2. The largest absolute Gasteiger partial charge is 0.273 e. The predicted molar refractivity (Wildman–Crippen MR) is 88.5 cm³/mol. The summed E-state index contributed by atoms with van der Waals surface area (Å²) in [5, 5.41) is 4.09. The molecule has 0 saturated heterocycles. The molecule has 3 atom stereocenters. The average Bonchev–Trinajstić information content (AvgIpc) is 3.06. The third-order valence-corrected chi connectivity index (χ3v) is 5.59. The van der Waals surface area contributed by atoms with Crippen LogP contribution in [0.1, 0.15) is 38.2 Å². The molecule has 4 heteroatoms. The fraction of sp³-hybridized carbons (Fsp3) is 0.500. The summed E-state index contributed by atoms with van der Waals surface area (Å²) in [5.74, 6) is 0.866. The van der Waals surface area contributed by atoms with Gasteiger partial charge in [0, 0.05) is 9.49 Å². The highest BCUT2D eigenvalue weighted by atomic mass is 127. The van der Waals surface area contributed by atoms with Crippen molar-refractivity contribution < 1.29 is 4.79 Å². The smallest absolute Gasteiger partial charge is 0.244 e. The molecule has 1 N–H and O–H groups in total. The molecular weight excluding hydrogens is 363 g/mol. The quantitative estimate of drug-likeness (QED) is 0.485. The van der Waals surface area contributed by atoms with Gasteiger partial charge in [0.05, 0.1) is 6.21 Å². The van der Waals surface area contributed by atoms with Gasteiger partial charge in [-0.25, -0.2) is 5.43 Å². The van der Waals surface area contributed by atoms with Gasteiger partial charge in [-0.1, -0.05) is 31.9 Å². The zero-order chi connectivity index (χ0) is 14.2. The molecule has 0 bridgehead atoms. The van der Waals surface area contributed by atoms with E-state index in [1.165, 1.54) is 29.3 Å². The van der Waals surface area contributed by atoms with Crippen LogP contribution in [0.4, 0.5) is 0 Å². The first-order chi connectivity index (χ1) is 9.61. The molecule has 0 radical (unpaired) electrons. The van der Waals surface area contributed by atoms with Crippen LogP contribution in [-0.4, -0.2) is 12.1 Å². The lowest BCUT2D eigenvalue weighted by Gasteiger charge is -2.15. The summed E-state index contributed by atoms with van der Waals surface area (Å²) >= 11 is 2.27. The molecule has 3 nitrogen and oxygen atoms in total. The number of halogens is 1. The monoisotopic (exact) mass is 382 g/mol. The van der Waals surface area contributed by atoms with E-state index in [1.807, 2.05) is 24.3 Å². The Hall–Kier alpha value is -0.910. The molecule has 0 heterocycles. The molecule has 1 aromatic carbocycles. The van der Waals surface area contributed by atoms with Crippen LogP contribution in [0.15, 0.2) is 29.4 Å². The second kappa shape index (κ2) is 5.47. The molecular formula is C16H19IN2O. The van der Waals surface area contributed by atoms with Gasteiger partial charge < -0.3 is 0 Å². The van der Waals surface area contributed by atoms with Crippen molar-refractivity contribution in [1.82, 2.24) is 5.43 Å². The Morgan fingerprint density at radius 3 is 2.80 bits per heavy atom. The highest BCUT2D eigenvalue weighted by Gasteiger charge is 2.64. The van der Waals surface area contributed by atoms with E-state index in [1.54, 1.807) is 6.21 Å². The van der Waals surface area contributed by atoms with E-state index in [2.05, 4.69) is 40.0 Å². The van der Waals surface area contributed by atoms with Gasteiger partial charge in [0.1, 0.15) is 0 Å². The summed E-state index contributed by atoms with van der Waals surface area (Å²) in [5.41, 5.74) is 3.97. The van der Waals surface area contributed by atoms with E-state index in [-0.39, 0.29) is 17.2 Å². The molecule has 0 aromatic heterocycles. The number of benzene rings is 1. The molecule has 106 valence electrons. The van der Waals surface area contributed by atoms with Gasteiger partial charge in [-0.3, -0.25) is 4.79 Å². The van der Waals surface area contributed by atoms with Crippen molar-refractivity contribution in [3.63, 3.8) is 0 Å². The molecule has 2 aliphatic carbocycles. The van der Waals surface area contributed by atoms with E-state index >= 15 is 0 Å². The summed E-state index contributed by atoms with van der Waals surface area (Å²) in [6.07, 6.45) is 6.65. The van der Waals surface area contributed by atoms with Crippen molar-refractivity contribution >= 4 is 34.7 Å². The van der Waals surface area contributed by atoms with E-state index in [0.29, 0.717) is 5.92 Å². The second-order valence-corrected chi connectivity index (χ2v) is 7.37. The SMILES string of the molecule is C[C@]12CCCC[C@H]1[C@@H]2C(=O)N/N=C\c1ccc(I)cc1. The summed E-state index contributed by atoms with van der Waals surface area (Å²) in [6.45, 7) is 2.25. The lowest BCUT2D eigenvalue weighted by molar-refractivity contribution is -0.123. The van der Waals surface area contributed by atoms with Gasteiger partial charge in [-0.05, 0) is 64.5 Å². The minimum absolute atomic E-state index is 0.0983. The first-order valence-electron chi connectivity index (χ1n) is 7.20. The molecule has 1 amide bonds. The van der Waals surface area contributed by atoms with E-state index < -0.39 is 0 Å². The van der Waals surface area contributed by atoms with Crippen molar-refractivity contribution in [3.05, 3.63) is 33.4 Å². The molecule has 0 spiro atoms. The fourth-order valence-electron chi connectivity index (χ4n) is 3.64. The lowest BCUT2D eigenvalue weighted by Crippen LogP contribution is -2.22. The van der Waals surface area contributed by atoms with Crippen molar-refractivity contribution in [2.45, 2.75) is 32.6 Å². The van der Waals surface area contributed by atoms with Crippen LogP contribution >= 0.6 is 22.6 Å². The van der Waals surface area contributed by atoms with Crippen LogP contribution in [-0.2, 0) is 4.79 Å². The van der Waals surface area contributed by atoms with Gasteiger partial charge in [0.25, 0.3) is 0 Å². The van der Waals surface area contributed by atoms with Gasteiger partial charge in [0.2, 0.25) is 5.91 Å². The summed E-state index contributed by atoms with van der Waals surface area (Å²) in [6, 6.07) is 8.05. The van der Waals surface area contributed by atoms with Crippen LogP contribution in [0.2, 0.25) is 0 Å². The maximum absolute atomic E-state index is 12.2. The minimum Gasteiger partial charge on any atom is -0.273 e. The van der Waals surface area contributed by atoms with E-state index in [0.717, 1.165) is 5.56 Å². The molecule has 2 fully saturated rings. The highest BCUT2D eigenvalue weighted by molar-refractivity contribution is 14.1. The van der Waals surface area contributed by atoms with Crippen LogP contribution in [0.5, 0.6) is 0 Å². The fourth-order valence-corrected chi connectivity index (χ4v) is 4.00. The zero-order valence-corrected chi connectivity index (χ0v) is 13.8. The third kappa shape index (κ3) is 2.62. The predicted octanol–water partition coefficient (Wildman–Crippen LogP) is 3.57. The number of rotatable bonds is 3. The van der Waals surface area contributed by atoms with Crippen LogP contribution in [0.3, 0.4) is 0 Å².